The average molecular weight is 283 g/mol. The molecule has 0 aliphatic carbocycles. The summed E-state index contributed by atoms with van der Waals surface area (Å²) in [7, 11) is 2.10. The highest BCUT2D eigenvalue weighted by Crippen LogP contribution is 2.38. The molecular weight excluding hydrogens is 262 g/mol. The van der Waals surface area contributed by atoms with Crippen LogP contribution in [0.5, 0.6) is 0 Å². The highest BCUT2D eigenvalue weighted by molar-refractivity contribution is 7.98. The first kappa shape index (κ1) is 13.0. The van der Waals surface area contributed by atoms with Crippen LogP contribution >= 0.6 is 23.1 Å². The fraction of sp³-hybridized carbons (Fsp3) is 0.714. The van der Waals surface area contributed by atoms with E-state index < -0.39 is 0 Å². The molecule has 1 saturated heterocycles. The monoisotopic (exact) mass is 283 g/mol. The lowest BCUT2D eigenvalue weighted by molar-refractivity contribution is 0.0550. The topological polar surface area (TPSA) is 21.3 Å². The van der Waals surface area contributed by atoms with Crippen LogP contribution in [0.2, 0.25) is 0 Å². The van der Waals surface area contributed by atoms with Crippen LogP contribution in [-0.4, -0.2) is 26.0 Å². The molecule has 1 aromatic rings. The van der Waals surface area contributed by atoms with E-state index in [1.54, 1.807) is 15.3 Å². The Morgan fingerprint density at radius 1 is 1.39 bits per heavy atom. The summed E-state index contributed by atoms with van der Waals surface area (Å²) >= 11 is 4.12. The molecule has 0 saturated carbocycles. The summed E-state index contributed by atoms with van der Waals surface area (Å²) in [5.74, 6) is 3.27. The predicted octanol–water partition coefficient (Wildman–Crippen LogP) is 3.22. The zero-order valence-electron chi connectivity index (χ0n) is 10.9. The molecular formula is C14H21NOS2. The van der Waals surface area contributed by atoms with Gasteiger partial charge in [0.2, 0.25) is 0 Å². The van der Waals surface area contributed by atoms with Crippen LogP contribution in [0, 0.1) is 5.92 Å². The molecule has 0 radical (unpaired) electrons. The van der Waals surface area contributed by atoms with Gasteiger partial charge in [-0.2, -0.15) is 11.8 Å². The van der Waals surface area contributed by atoms with E-state index in [4.69, 9.17) is 4.74 Å². The van der Waals surface area contributed by atoms with E-state index in [-0.39, 0.29) is 0 Å². The lowest BCUT2D eigenvalue weighted by Crippen LogP contribution is -2.29. The van der Waals surface area contributed by atoms with Crippen molar-refractivity contribution in [1.82, 2.24) is 5.32 Å². The van der Waals surface area contributed by atoms with Gasteiger partial charge >= 0.3 is 0 Å². The molecule has 1 atom stereocenters. The van der Waals surface area contributed by atoms with Crippen molar-refractivity contribution in [2.75, 3.05) is 26.0 Å². The lowest BCUT2D eigenvalue weighted by atomic mass is 9.90. The number of nitrogens with one attached hydrogen (secondary N) is 1. The summed E-state index contributed by atoms with van der Waals surface area (Å²) in [6, 6.07) is 3.00. The quantitative estimate of drug-likeness (QED) is 0.920. The molecule has 2 aliphatic heterocycles. The lowest BCUT2D eigenvalue weighted by Gasteiger charge is -2.29. The fourth-order valence-corrected chi connectivity index (χ4v) is 5.56. The van der Waals surface area contributed by atoms with Crippen LogP contribution in [0.25, 0.3) is 0 Å². The molecule has 100 valence electrons. The van der Waals surface area contributed by atoms with Crippen LogP contribution in [-0.2, 0) is 16.9 Å². The Morgan fingerprint density at radius 2 is 2.22 bits per heavy atom. The van der Waals surface area contributed by atoms with Crippen molar-refractivity contribution in [3.63, 3.8) is 0 Å². The maximum absolute atomic E-state index is 5.48. The molecule has 2 nitrogen and oxygen atoms in total. The van der Waals surface area contributed by atoms with Gasteiger partial charge in [0.1, 0.15) is 0 Å². The molecule has 18 heavy (non-hydrogen) atoms. The van der Waals surface area contributed by atoms with E-state index in [0.29, 0.717) is 6.04 Å². The maximum Gasteiger partial charge on any atom is 0.0469 e. The van der Waals surface area contributed by atoms with Crippen LogP contribution in [0.15, 0.2) is 6.07 Å². The van der Waals surface area contributed by atoms with Crippen LogP contribution in [0.1, 0.15) is 34.2 Å². The number of hydrogen-bond donors (Lipinski definition) is 1. The highest BCUT2D eigenvalue weighted by Gasteiger charge is 2.26. The minimum atomic E-state index is 0.537. The van der Waals surface area contributed by atoms with Crippen molar-refractivity contribution >= 4 is 23.1 Å². The Balaban J connectivity index is 1.79. The normalized spacial score (nSPS) is 22.7. The van der Waals surface area contributed by atoms with Gasteiger partial charge in [0.25, 0.3) is 0 Å². The number of thioether (sulfide) groups is 1. The van der Waals surface area contributed by atoms with Gasteiger partial charge in [-0.3, -0.25) is 0 Å². The van der Waals surface area contributed by atoms with Crippen molar-refractivity contribution in [3.05, 3.63) is 21.4 Å². The molecule has 3 rings (SSSR count). The Hall–Kier alpha value is -0.0300. The first-order valence-corrected chi connectivity index (χ1v) is 8.80. The van der Waals surface area contributed by atoms with Gasteiger partial charge in [0, 0.05) is 34.8 Å². The third-order valence-corrected chi connectivity index (χ3v) is 6.33. The number of rotatable bonds is 3. The van der Waals surface area contributed by atoms with Crippen molar-refractivity contribution < 1.29 is 4.74 Å². The van der Waals surface area contributed by atoms with Gasteiger partial charge < -0.3 is 10.1 Å². The second-order valence-corrected chi connectivity index (χ2v) is 7.39. The molecule has 1 fully saturated rings. The zero-order chi connectivity index (χ0) is 12.4. The standard InChI is InChI=1S/C14H21NOS2/c1-15-14(10-2-5-16-6-3-10)13-8-11-9-17-7-4-12(11)18-13/h8,10,14-15H,2-7,9H2,1H3. The van der Waals surface area contributed by atoms with E-state index in [2.05, 4.69) is 30.2 Å². The first-order chi connectivity index (χ1) is 8.88. The molecule has 2 aliphatic rings. The molecule has 3 heterocycles. The van der Waals surface area contributed by atoms with Crippen LogP contribution < -0.4 is 5.32 Å². The second kappa shape index (κ2) is 5.95. The molecule has 1 N–H and O–H groups in total. The predicted molar refractivity (Wildman–Crippen MR) is 79.5 cm³/mol. The third kappa shape index (κ3) is 2.62. The Labute approximate surface area is 117 Å². The summed E-state index contributed by atoms with van der Waals surface area (Å²) < 4.78 is 5.48. The van der Waals surface area contributed by atoms with Gasteiger partial charge in [-0.05, 0) is 49.6 Å². The number of hydrogen-bond acceptors (Lipinski definition) is 4. The third-order valence-electron chi connectivity index (χ3n) is 4.00. The second-order valence-electron chi connectivity index (χ2n) is 5.12. The molecule has 1 unspecified atom stereocenters. The van der Waals surface area contributed by atoms with E-state index in [9.17, 15) is 0 Å². The van der Waals surface area contributed by atoms with E-state index >= 15 is 0 Å². The van der Waals surface area contributed by atoms with Crippen LogP contribution in [0.4, 0.5) is 0 Å². The Bertz CT molecular complexity index is 375. The zero-order valence-corrected chi connectivity index (χ0v) is 12.5. The summed E-state index contributed by atoms with van der Waals surface area (Å²) in [6.45, 7) is 1.87. The van der Waals surface area contributed by atoms with Crippen molar-refractivity contribution in [2.24, 2.45) is 5.92 Å². The Morgan fingerprint density at radius 3 is 2.94 bits per heavy atom. The smallest absolute Gasteiger partial charge is 0.0469 e. The maximum atomic E-state index is 5.48. The molecule has 0 spiro atoms. The Kier molecular flexibility index (Phi) is 4.29. The van der Waals surface area contributed by atoms with Gasteiger partial charge in [-0.1, -0.05) is 0 Å². The van der Waals surface area contributed by atoms with E-state index in [1.165, 1.54) is 30.8 Å². The summed E-state index contributed by atoms with van der Waals surface area (Å²) in [5, 5.41) is 3.55. The van der Waals surface area contributed by atoms with Gasteiger partial charge in [0.15, 0.2) is 0 Å². The van der Waals surface area contributed by atoms with E-state index in [0.717, 1.165) is 19.1 Å². The van der Waals surface area contributed by atoms with Gasteiger partial charge in [0.05, 0.1) is 0 Å². The largest absolute Gasteiger partial charge is 0.381 e. The highest BCUT2D eigenvalue weighted by atomic mass is 32.2. The van der Waals surface area contributed by atoms with Crippen molar-refractivity contribution in [1.29, 1.82) is 0 Å². The first-order valence-electron chi connectivity index (χ1n) is 6.82. The number of thiophene rings is 1. The molecule has 0 aromatic carbocycles. The molecule has 4 heteroatoms. The summed E-state index contributed by atoms with van der Waals surface area (Å²) in [5.41, 5.74) is 1.60. The summed E-state index contributed by atoms with van der Waals surface area (Å²) in [4.78, 5) is 3.19. The fourth-order valence-electron chi connectivity index (χ4n) is 2.98. The molecule has 0 amide bonds. The van der Waals surface area contributed by atoms with Gasteiger partial charge in [-0.15, -0.1) is 11.3 Å². The van der Waals surface area contributed by atoms with Crippen molar-refractivity contribution in [2.45, 2.75) is 31.1 Å². The van der Waals surface area contributed by atoms with Crippen molar-refractivity contribution in [3.8, 4) is 0 Å². The number of aryl methyl sites for hydroxylation is 1. The average Bonchev–Trinajstić information content (AvgIpc) is 2.84. The minimum absolute atomic E-state index is 0.537. The summed E-state index contributed by atoms with van der Waals surface area (Å²) in [6.07, 6.45) is 3.67. The molecule has 0 bridgehead atoms. The van der Waals surface area contributed by atoms with E-state index in [1.807, 2.05) is 11.3 Å². The number of ether oxygens (including phenoxy) is 1. The minimum Gasteiger partial charge on any atom is -0.381 e. The van der Waals surface area contributed by atoms with Crippen LogP contribution in [0.3, 0.4) is 0 Å². The molecule has 1 aromatic heterocycles. The SMILES string of the molecule is CNC(c1cc2c(s1)CCSC2)C1CCOCC1. The number of fused-ring (bicyclic) bond motifs is 1. The van der Waals surface area contributed by atoms with Gasteiger partial charge in [-0.25, -0.2) is 0 Å².